The van der Waals surface area contributed by atoms with E-state index in [2.05, 4.69) is 10.2 Å². The van der Waals surface area contributed by atoms with Gasteiger partial charge >= 0.3 is 0 Å². The van der Waals surface area contributed by atoms with E-state index >= 15 is 0 Å². The third-order valence-electron chi connectivity index (χ3n) is 3.53. The van der Waals surface area contributed by atoms with Crippen LogP contribution in [0.15, 0.2) is 24.3 Å². The van der Waals surface area contributed by atoms with E-state index in [4.69, 9.17) is 5.11 Å². The van der Waals surface area contributed by atoms with Crippen LogP contribution in [0, 0.1) is 0 Å². The molecule has 1 saturated heterocycles. The Kier molecular flexibility index (Phi) is 5.30. The lowest BCUT2D eigenvalue weighted by molar-refractivity contribution is -0.114. The van der Waals surface area contributed by atoms with E-state index in [9.17, 15) is 9.59 Å². The van der Waals surface area contributed by atoms with E-state index in [-0.39, 0.29) is 18.4 Å². The van der Waals surface area contributed by atoms with Crippen molar-refractivity contribution in [3.8, 4) is 0 Å². The molecule has 2 rings (SSSR count). The van der Waals surface area contributed by atoms with Crippen molar-refractivity contribution in [3.63, 3.8) is 0 Å². The lowest BCUT2D eigenvalue weighted by Gasteiger charge is -2.34. The fraction of sp³-hybridized carbons (Fsp3) is 0.467. The number of amides is 2. The highest BCUT2D eigenvalue weighted by Gasteiger charge is 2.21. The summed E-state index contributed by atoms with van der Waals surface area (Å²) in [5, 5.41) is 11.6. The van der Waals surface area contributed by atoms with Crippen molar-refractivity contribution >= 4 is 17.5 Å². The minimum absolute atomic E-state index is 0.00743. The molecule has 1 aromatic carbocycles. The Balaban J connectivity index is 1.93. The van der Waals surface area contributed by atoms with E-state index in [1.165, 1.54) is 6.92 Å². The maximum absolute atomic E-state index is 12.4. The number of nitrogens with zero attached hydrogens (tertiary/aromatic N) is 2. The summed E-state index contributed by atoms with van der Waals surface area (Å²) in [5.74, 6) is -0.123. The van der Waals surface area contributed by atoms with Gasteiger partial charge < -0.3 is 15.3 Å². The Morgan fingerprint density at radius 2 is 1.76 bits per heavy atom. The maximum atomic E-state index is 12.4. The summed E-state index contributed by atoms with van der Waals surface area (Å²) >= 11 is 0. The predicted octanol–water partition coefficient (Wildman–Crippen LogP) is 0.395. The van der Waals surface area contributed by atoms with Gasteiger partial charge in [0.05, 0.1) is 6.61 Å². The standard InChI is InChI=1S/C15H21N3O3/c1-12(20)16-14-4-2-13(3-5-14)15(21)18-8-6-17(7-9-18)10-11-19/h2-5,19H,6-11H2,1H3,(H,16,20). The average molecular weight is 291 g/mol. The molecule has 114 valence electrons. The number of carbonyl (C=O) groups excluding carboxylic acids is 2. The number of β-amino-alcohol motifs (C(OH)–C–C–N with tert-alkyl or cyclic N) is 1. The van der Waals surface area contributed by atoms with E-state index < -0.39 is 0 Å². The van der Waals surface area contributed by atoms with Crippen molar-refractivity contribution in [2.24, 2.45) is 0 Å². The Morgan fingerprint density at radius 1 is 1.14 bits per heavy atom. The van der Waals surface area contributed by atoms with E-state index in [0.29, 0.717) is 30.9 Å². The Bertz CT molecular complexity index is 493. The minimum Gasteiger partial charge on any atom is -0.395 e. The molecule has 0 aliphatic carbocycles. The van der Waals surface area contributed by atoms with Crippen LogP contribution in [0.4, 0.5) is 5.69 Å². The summed E-state index contributed by atoms with van der Waals surface area (Å²) in [7, 11) is 0. The second kappa shape index (κ2) is 7.19. The number of piperazine rings is 1. The van der Waals surface area contributed by atoms with Gasteiger partial charge in [-0.2, -0.15) is 0 Å². The van der Waals surface area contributed by atoms with Gasteiger partial charge in [0, 0.05) is 50.9 Å². The number of aliphatic hydroxyl groups is 1. The molecule has 1 aliphatic heterocycles. The smallest absolute Gasteiger partial charge is 0.253 e. The first-order valence-corrected chi connectivity index (χ1v) is 7.10. The molecular formula is C15H21N3O3. The number of carbonyl (C=O) groups is 2. The van der Waals surface area contributed by atoms with Gasteiger partial charge in [-0.05, 0) is 24.3 Å². The number of anilines is 1. The fourth-order valence-electron chi connectivity index (χ4n) is 2.40. The molecule has 0 atom stereocenters. The van der Waals surface area contributed by atoms with Crippen molar-refractivity contribution in [2.75, 3.05) is 44.6 Å². The molecule has 1 fully saturated rings. The second-order valence-corrected chi connectivity index (χ2v) is 5.12. The number of rotatable bonds is 4. The van der Waals surface area contributed by atoms with Gasteiger partial charge in [0.1, 0.15) is 0 Å². The van der Waals surface area contributed by atoms with Crippen LogP contribution < -0.4 is 5.32 Å². The molecule has 0 aromatic heterocycles. The van der Waals surface area contributed by atoms with Crippen molar-refractivity contribution in [3.05, 3.63) is 29.8 Å². The molecule has 0 unspecified atom stereocenters. The average Bonchev–Trinajstić information content (AvgIpc) is 2.48. The summed E-state index contributed by atoms with van der Waals surface area (Å²) < 4.78 is 0. The quantitative estimate of drug-likeness (QED) is 0.842. The number of hydrogen-bond donors (Lipinski definition) is 2. The van der Waals surface area contributed by atoms with Gasteiger partial charge in [-0.1, -0.05) is 0 Å². The molecule has 0 saturated carbocycles. The van der Waals surface area contributed by atoms with E-state index in [0.717, 1.165) is 13.1 Å². The largest absolute Gasteiger partial charge is 0.395 e. The van der Waals surface area contributed by atoms with Crippen LogP contribution in [0.25, 0.3) is 0 Å². The van der Waals surface area contributed by atoms with Crippen molar-refractivity contribution < 1.29 is 14.7 Å². The Labute approximate surface area is 124 Å². The fourth-order valence-corrected chi connectivity index (χ4v) is 2.40. The number of benzene rings is 1. The lowest BCUT2D eigenvalue weighted by atomic mass is 10.1. The van der Waals surface area contributed by atoms with Crippen LogP contribution in [0.5, 0.6) is 0 Å². The lowest BCUT2D eigenvalue weighted by Crippen LogP contribution is -2.49. The summed E-state index contributed by atoms with van der Waals surface area (Å²) in [6.07, 6.45) is 0. The first kappa shape index (κ1) is 15.5. The summed E-state index contributed by atoms with van der Waals surface area (Å²) in [6, 6.07) is 6.93. The molecule has 1 heterocycles. The minimum atomic E-state index is -0.130. The first-order valence-electron chi connectivity index (χ1n) is 7.10. The molecule has 0 spiro atoms. The predicted molar refractivity (Wildman–Crippen MR) is 80.2 cm³/mol. The summed E-state index contributed by atoms with van der Waals surface area (Å²) in [5.41, 5.74) is 1.31. The molecule has 1 aliphatic rings. The van der Waals surface area contributed by atoms with Crippen LogP contribution >= 0.6 is 0 Å². The van der Waals surface area contributed by atoms with E-state index in [1.54, 1.807) is 24.3 Å². The van der Waals surface area contributed by atoms with E-state index in [1.807, 2.05) is 4.90 Å². The molecular weight excluding hydrogens is 270 g/mol. The highest BCUT2D eigenvalue weighted by atomic mass is 16.3. The Morgan fingerprint density at radius 3 is 2.29 bits per heavy atom. The third kappa shape index (κ3) is 4.27. The molecule has 2 amide bonds. The molecule has 2 N–H and O–H groups in total. The van der Waals surface area contributed by atoms with Gasteiger partial charge in [-0.25, -0.2) is 0 Å². The van der Waals surface area contributed by atoms with Crippen LogP contribution in [-0.2, 0) is 4.79 Å². The van der Waals surface area contributed by atoms with Crippen LogP contribution in [0.1, 0.15) is 17.3 Å². The topological polar surface area (TPSA) is 72.9 Å². The van der Waals surface area contributed by atoms with Crippen molar-refractivity contribution in [1.82, 2.24) is 9.80 Å². The molecule has 0 radical (unpaired) electrons. The van der Waals surface area contributed by atoms with Gasteiger partial charge in [0.2, 0.25) is 5.91 Å². The summed E-state index contributed by atoms with van der Waals surface area (Å²) in [4.78, 5) is 27.3. The van der Waals surface area contributed by atoms with Gasteiger partial charge in [0.15, 0.2) is 0 Å². The van der Waals surface area contributed by atoms with Gasteiger partial charge in [-0.15, -0.1) is 0 Å². The van der Waals surface area contributed by atoms with Crippen LogP contribution in [0.2, 0.25) is 0 Å². The van der Waals surface area contributed by atoms with Gasteiger partial charge in [-0.3, -0.25) is 14.5 Å². The first-order chi connectivity index (χ1) is 10.1. The monoisotopic (exact) mass is 291 g/mol. The zero-order valence-corrected chi connectivity index (χ0v) is 12.2. The summed E-state index contributed by atoms with van der Waals surface area (Å²) in [6.45, 7) is 5.18. The van der Waals surface area contributed by atoms with Crippen LogP contribution in [0.3, 0.4) is 0 Å². The van der Waals surface area contributed by atoms with Gasteiger partial charge in [0.25, 0.3) is 5.91 Å². The molecule has 0 bridgehead atoms. The SMILES string of the molecule is CC(=O)Nc1ccc(C(=O)N2CCN(CCO)CC2)cc1. The Hall–Kier alpha value is -1.92. The number of nitrogens with one attached hydrogen (secondary N) is 1. The third-order valence-corrected chi connectivity index (χ3v) is 3.53. The number of aliphatic hydroxyl groups excluding tert-OH is 1. The zero-order valence-electron chi connectivity index (χ0n) is 12.2. The van der Waals surface area contributed by atoms with Crippen molar-refractivity contribution in [1.29, 1.82) is 0 Å². The highest BCUT2D eigenvalue weighted by Crippen LogP contribution is 2.13. The zero-order chi connectivity index (χ0) is 15.2. The molecule has 1 aromatic rings. The molecule has 6 nitrogen and oxygen atoms in total. The molecule has 6 heteroatoms. The maximum Gasteiger partial charge on any atom is 0.253 e. The second-order valence-electron chi connectivity index (χ2n) is 5.12. The van der Waals surface area contributed by atoms with Crippen LogP contribution in [-0.4, -0.2) is 66.1 Å². The number of hydrogen-bond acceptors (Lipinski definition) is 4. The van der Waals surface area contributed by atoms with Crippen molar-refractivity contribution in [2.45, 2.75) is 6.92 Å². The molecule has 21 heavy (non-hydrogen) atoms. The normalized spacial score (nSPS) is 15.8. The highest BCUT2D eigenvalue weighted by molar-refractivity contribution is 5.95.